The summed E-state index contributed by atoms with van der Waals surface area (Å²) in [6.45, 7) is 4.50. The zero-order valence-corrected chi connectivity index (χ0v) is 16.1. The first-order valence-corrected chi connectivity index (χ1v) is 8.44. The molecule has 2 unspecified atom stereocenters. The van der Waals surface area contributed by atoms with Crippen molar-refractivity contribution in [1.29, 1.82) is 0 Å². The number of aliphatic hydroxyl groups excluding tert-OH is 1. The second-order valence-corrected chi connectivity index (χ2v) is 7.07. The van der Waals surface area contributed by atoms with Crippen molar-refractivity contribution in [1.82, 2.24) is 10.4 Å². The van der Waals surface area contributed by atoms with Crippen molar-refractivity contribution < 1.29 is 37.4 Å². The van der Waals surface area contributed by atoms with Crippen LogP contribution in [0.1, 0.15) is 32.8 Å². The Morgan fingerprint density at radius 3 is 2.46 bits per heavy atom. The highest BCUT2D eigenvalue weighted by molar-refractivity contribution is 5.81. The van der Waals surface area contributed by atoms with Crippen molar-refractivity contribution in [2.45, 2.75) is 57.7 Å². The van der Waals surface area contributed by atoms with Crippen molar-refractivity contribution in [2.75, 3.05) is 7.11 Å². The van der Waals surface area contributed by atoms with E-state index < -0.39 is 36.3 Å². The first kappa shape index (κ1) is 23.7. The molecule has 0 fully saturated rings. The molecule has 10 heteroatoms. The number of aliphatic hydroxyl groups is 1. The van der Waals surface area contributed by atoms with Crippen LogP contribution in [0.5, 0.6) is 5.75 Å². The Balaban J connectivity index is 2.91. The maximum atomic E-state index is 12.9. The van der Waals surface area contributed by atoms with E-state index in [1.807, 2.05) is 0 Å². The smallest absolute Gasteiger partial charge is 0.391 e. The molecule has 0 saturated carbocycles. The van der Waals surface area contributed by atoms with Gasteiger partial charge in [0.1, 0.15) is 11.8 Å². The predicted octanol–water partition coefficient (Wildman–Crippen LogP) is 2.18. The molecule has 158 valence electrons. The molecular weight excluding hydrogens is 381 g/mol. The van der Waals surface area contributed by atoms with E-state index in [0.29, 0.717) is 16.4 Å². The molecule has 0 heterocycles. The van der Waals surface area contributed by atoms with Gasteiger partial charge in [0.05, 0.1) is 19.1 Å². The van der Waals surface area contributed by atoms with E-state index in [1.165, 1.54) is 27.9 Å². The van der Waals surface area contributed by atoms with Gasteiger partial charge in [0.25, 0.3) is 5.91 Å². The molecule has 0 radical (unpaired) electrons. The molecule has 0 spiro atoms. The number of methoxy groups -OCH3 is 1. The van der Waals surface area contributed by atoms with Crippen LogP contribution in [0.3, 0.4) is 0 Å². The van der Waals surface area contributed by atoms with E-state index in [0.717, 1.165) is 0 Å². The number of amides is 2. The van der Waals surface area contributed by atoms with Gasteiger partial charge in [0.2, 0.25) is 6.41 Å². The minimum Gasteiger partial charge on any atom is -0.497 e. The van der Waals surface area contributed by atoms with E-state index in [1.54, 1.807) is 24.3 Å². The third-order valence-electron chi connectivity index (χ3n) is 3.48. The molecule has 0 saturated heterocycles. The van der Waals surface area contributed by atoms with Crippen molar-refractivity contribution in [3.63, 3.8) is 0 Å². The number of carbonyl (C=O) groups is 2. The molecule has 0 aliphatic carbocycles. The van der Waals surface area contributed by atoms with Crippen LogP contribution in [0.15, 0.2) is 24.3 Å². The molecule has 28 heavy (non-hydrogen) atoms. The summed E-state index contributed by atoms with van der Waals surface area (Å²) in [6, 6.07) is 4.71. The molecule has 0 bridgehead atoms. The quantitative estimate of drug-likeness (QED) is 0.485. The number of benzene rings is 1. The van der Waals surface area contributed by atoms with E-state index >= 15 is 0 Å². The number of halogens is 3. The Kier molecular flexibility index (Phi) is 8.25. The van der Waals surface area contributed by atoms with E-state index in [4.69, 9.17) is 9.57 Å². The lowest BCUT2D eigenvalue weighted by atomic mass is 10.1. The summed E-state index contributed by atoms with van der Waals surface area (Å²) in [5.74, 6) is -0.533. The minimum atomic E-state index is -4.73. The van der Waals surface area contributed by atoms with Crippen molar-refractivity contribution in [2.24, 2.45) is 0 Å². The van der Waals surface area contributed by atoms with Gasteiger partial charge in [-0.3, -0.25) is 14.4 Å². The molecule has 2 N–H and O–H groups in total. The first-order valence-electron chi connectivity index (χ1n) is 8.44. The molecule has 2 amide bonds. The number of hydroxylamine groups is 2. The Labute approximate surface area is 161 Å². The SMILES string of the molecule is COc1cccc(CNC(=O)C(O)C(CC(F)(F)F)N(C=O)OC(C)(C)C)c1. The topological polar surface area (TPSA) is 88.1 Å². The summed E-state index contributed by atoms with van der Waals surface area (Å²) in [5, 5.41) is 12.9. The molecular formula is C18H25F3N2O5. The lowest BCUT2D eigenvalue weighted by molar-refractivity contribution is -0.257. The number of hydrogen-bond donors (Lipinski definition) is 2. The molecule has 0 aliphatic rings. The number of ether oxygens (including phenoxy) is 1. The summed E-state index contributed by atoms with van der Waals surface area (Å²) < 4.78 is 43.9. The van der Waals surface area contributed by atoms with Crippen LogP contribution in [0.2, 0.25) is 0 Å². The highest BCUT2D eigenvalue weighted by Crippen LogP contribution is 2.27. The Bertz CT molecular complexity index is 661. The van der Waals surface area contributed by atoms with Crippen LogP contribution < -0.4 is 10.1 Å². The number of hydrogen-bond acceptors (Lipinski definition) is 5. The van der Waals surface area contributed by atoms with Gasteiger partial charge in [0.15, 0.2) is 6.10 Å². The molecule has 0 aliphatic heterocycles. The summed E-state index contributed by atoms with van der Waals surface area (Å²) >= 11 is 0. The van der Waals surface area contributed by atoms with Crippen LogP contribution in [0.25, 0.3) is 0 Å². The third-order valence-corrected chi connectivity index (χ3v) is 3.48. The molecule has 0 aromatic heterocycles. The summed E-state index contributed by atoms with van der Waals surface area (Å²) in [6.07, 6.45) is -8.49. The maximum Gasteiger partial charge on any atom is 0.391 e. The highest BCUT2D eigenvalue weighted by Gasteiger charge is 2.42. The number of nitrogens with zero attached hydrogens (tertiary/aromatic N) is 1. The molecule has 1 aromatic carbocycles. The lowest BCUT2D eigenvalue weighted by Gasteiger charge is -2.35. The van der Waals surface area contributed by atoms with Crippen LogP contribution in [-0.2, 0) is 21.0 Å². The number of nitrogens with one attached hydrogen (secondary N) is 1. The molecule has 1 rings (SSSR count). The normalized spacial score (nSPS) is 14.1. The number of rotatable bonds is 9. The highest BCUT2D eigenvalue weighted by atomic mass is 19.4. The van der Waals surface area contributed by atoms with Gasteiger partial charge in [0, 0.05) is 6.54 Å². The maximum absolute atomic E-state index is 12.9. The fraction of sp³-hybridized carbons (Fsp3) is 0.556. The van der Waals surface area contributed by atoms with E-state index in [2.05, 4.69) is 5.32 Å². The Morgan fingerprint density at radius 1 is 1.32 bits per heavy atom. The van der Waals surface area contributed by atoms with Crippen LogP contribution >= 0.6 is 0 Å². The molecule has 7 nitrogen and oxygen atoms in total. The Hall–Kier alpha value is -2.33. The summed E-state index contributed by atoms with van der Waals surface area (Å²) in [4.78, 5) is 28.7. The zero-order chi connectivity index (χ0) is 21.5. The molecule has 1 aromatic rings. The van der Waals surface area contributed by atoms with Gasteiger partial charge >= 0.3 is 6.18 Å². The lowest BCUT2D eigenvalue weighted by Crippen LogP contribution is -2.53. The predicted molar refractivity (Wildman–Crippen MR) is 94.0 cm³/mol. The van der Waals surface area contributed by atoms with Crippen LogP contribution in [-0.4, -0.2) is 53.5 Å². The standard InChI is InChI=1S/C18H25F3N2O5/c1-17(2,3)28-23(11-24)14(9-18(19,20)21)15(25)16(26)22-10-12-6-5-7-13(8-12)27-4/h5-8,11,14-15,25H,9-10H2,1-4H3,(H,22,26). The fourth-order valence-electron chi connectivity index (χ4n) is 2.31. The number of carbonyl (C=O) groups excluding carboxylic acids is 2. The first-order chi connectivity index (χ1) is 12.9. The van der Waals surface area contributed by atoms with Gasteiger partial charge in [-0.05, 0) is 38.5 Å². The summed E-state index contributed by atoms with van der Waals surface area (Å²) in [5.41, 5.74) is -0.396. The zero-order valence-electron chi connectivity index (χ0n) is 16.1. The minimum absolute atomic E-state index is 0.0141. The second-order valence-electron chi connectivity index (χ2n) is 7.07. The average Bonchev–Trinajstić information content (AvgIpc) is 2.60. The van der Waals surface area contributed by atoms with E-state index in [9.17, 15) is 27.9 Å². The van der Waals surface area contributed by atoms with Gasteiger partial charge in [-0.1, -0.05) is 12.1 Å². The van der Waals surface area contributed by atoms with Gasteiger partial charge in [-0.25, -0.2) is 5.06 Å². The third kappa shape index (κ3) is 8.13. The average molecular weight is 406 g/mol. The van der Waals surface area contributed by atoms with Crippen LogP contribution in [0, 0.1) is 0 Å². The van der Waals surface area contributed by atoms with Crippen molar-refractivity contribution in [3.8, 4) is 5.75 Å². The van der Waals surface area contributed by atoms with Gasteiger partial charge in [-0.15, -0.1) is 0 Å². The van der Waals surface area contributed by atoms with Crippen molar-refractivity contribution >= 4 is 12.3 Å². The molecule has 2 atom stereocenters. The second kappa shape index (κ2) is 9.74. The largest absolute Gasteiger partial charge is 0.497 e. The van der Waals surface area contributed by atoms with E-state index in [-0.39, 0.29) is 13.0 Å². The van der Waals surface area contributed by atoms with Gasteiger partial charge < -0.3 is 15.2 Å². The number of alkyl halides is 3. The summed E-state index contributed by atoms with van der Waals surface area (Å²) in [7, 11) is 1.46. The van der Waals surface area contributed by atoms with Gasteiger partial charge in [-0.2, -0.15) is 13.2 Å². The van der Waals surface area contributed by atoms with Crippen LogP contribution in [0.4, 0.5) is 13.2 Å². The fourth-order valence-corrected chi connectivity index (χ4v) is 2.31. The monoisotopic (exact) mass is 406 g/mol. The van der Waals surface area contributed by atoms with Crippen molar-refractivity contribution in [3.05, 3.63) is 29.8 Å². The Morgan fingerprint density at radius 2 is 1.96 bits per heavy atom.